The topological polar surface area (TPSA) is 48.9 Å². The van der Waals surface area contributed by atoms with E-state index in [2.05, 4.69) is 39.1 Å². The first kappa shape index (κ1) is 23.9. The van der Waals surface area contributed by atoms with Gasteiger partial charge in [0.15, 0.2) is 5.96 Å². The second-order valence-corrected chi connectivity index (χ2v) is 6.90. The van der Waals surface area contributed by atoms with Crippen LogP contribution in [0.2, 0.25) is 0 Å². The zero-order valence-corrected chi connectivity index (χ0v) is 18.8. The Morgan fingerprint density at radius 3 is 2.56 bits per heavy atom. The molecule has 0 heterocycles. The lowest BCUT2D eigenvalue weighted by Gasteiger charge is -2.26. The molecule has 27 heavy (non-hydrogen) atoms. The van der Waals surface area contributed by atoms with Crippen molar-refractivity contribution in [1.29, 1.82) is 0 Å². The number of rotatable bonds is 9. The van der Waals surface area contributed by atoms with Crippen molar-refractivity contribution in [2.75, 3.05) is 20.1 Å². The summed E-state index contributed by atoms with van der Waals surface area (Å²) in [6, 6.07) is 6.41. The van der Waals surface area contributed by atoms with Gasteiger partial charge in [0.1, 0.15) is 5.75 Å². The molecule has 0 aliphatic heterocycles. The first-order chi connectivity index (χ1) is 12.4. The van der Waals surface area contributed by atoms with Crippen molar-refractivity contribution in [3.8, 4) is 5.75 Å². The van der Waals surface area contributed by atoms with Crippen LogP contribution in [0, 0.1) is 6.92 Å². The van der Waals surface area contributed by atoms with Crippen LogP contribution >= 0.6 is 24.0 Å². The quantitative estimate of drug-likeness (QED) is 0.311. The van der Waals surface area contributed by atoms with Gasteiger partial charge in [0.05, 0.1) is 0 Å². The Hall–Kier alpha value is -1.16. The van der Waals surface area contributed by atoms with Crippen LogP contribution in [0.25, 0.3) is 0 Å². The third-order valence-corrected chi connectivity index (χ3v) is 4.44. The fourth-order valence-electron chi connectivity index (χ4n) is 3.03. The molecule has 1 aliphatic carbocycles. The van der Waals surface area contributed by atoms with Crippen molar-refractivity contribution >= 4 is 29.9 Å². The summed E-state index contributed by atoms with van der Waals surface area (Å²) in [4.78, 5) is 6.70. The Labute approximate surface area is 178 Å². The molecule has 154 valence electrons. The maximum absolute atomic E-state index is 12.6. The van der Waals surface area contributed by atoms with Crippen molar-refractivity contribution < 1.29 is 13.5 Å². The van der Waals surface area contributed by atoms with E-state index in [-0.39, 0.29) is 29.7 Å². The average Bonchev–Trinajstić information content (AvgIpc) is 3.40. The Bertz CT molecular complexity index is 607. The van der Waals surface area contributed by atoms with Crippen LogP contribution in [-0.4, -0.2) is 49.7 Å². The highest BCUT2D eigenvalue weighted by Gasteiger charge is 2.30. The number of hydrogen-bond acceptors (Lipinski definition) is 3. The molecule has 1 aromatic carbocycles. The second kappa shape index (κ2) is 11.6. The predicted octanol–water partition coefficient (Wildman–Crippen LogP) is 3.75. The molecule has 1 aliphatic rings. The van der Waals surface area contributed by atoms with Gasteiger partial charge in [0, 0.05) is 44.3 Å². The van der Waals surface area contributed by atoms with Crippen molar-refractivity contribution in [3.63, 3.8) is 0 Å². The molecule has 0 amide bonds. The molecule has 8 heteroatoms. The van der Waals surface area contributed by atoms with Crippen LogP contribution < -0.4 is 15.4 Å². The van der Waals surface area contributed by atoms with E-state index in [1.165, 1.54) is 12.8 Å². The highest BCUT2D eigenvalue weighted by atomic mass is 127. The second-order valence-electron chi connectivity index (χ2n) is 6.90. The highest BCUT2D eigenvalue weighted by molar-refractivity contribution is 14.0. The molecule has 0 unspecified atom stereocenters. The van der Waals surface area contributed by atoms with E-state index in [1.54, 1.807) is 19.2 Å². The van der Waals surface area contributed by atoms with Crippen molar-refractivity contribution in [1.82, 2.24) is 15.5 Å². The molecule has 1 saturated carbocycles. The Balaban J connectivity index is 0.00000364. The molecule has 1 fully saturated rings. The highest BCUT2D eigenvalue weighted by Crippen LogP contribution is 2.28. The molecule has 5 nitrogen and oxygen atoms in total. The number of ether oxygens (including phenoxy) is 1. The maximum atomic E-state index is 12.6. The lowest BCUT2D eigenvalue weighted by molar-refractivity contribution is -0.0504. The van der Waals surface area contributed by atoms with Gasteiger partial charge < -0.3 is 15.4 Å². The van der Waals surface area contributed by atoms with Crippen LogP contribution in [0.4, 0.5) is 8.78 Å². The molecule has 1 aromatic rings. The van der Waals surface area contributed by atoms with Crippen molar-refractivity contribution in [3.05, 3.63) is 29.3 Å². The van der Waals surface area contributed by atoms with Crippen LogP contribution in [-0.2, 0) is 6.54 Å². The summed E-state index contributed by atoms with van der Waals surface area (Å²) in [5.74, 6) is 0.835. The van der Waals surface area contributed by atoms with E-state index < -0.39 is 6.61 Å². The van der Waals surface area contributed by atoms with E-state index in [1.807, 2.05) is 13.0 Å². The lowest BCUT2D eigenvalue weighted by Crippen LogP contribution is -2.43. The summed E-state index contributed by atoms with van der Waals surface area (Å²) in [7, 11) is 1.70. The number of halogens is 3. The van der Waals surface area contributed by atoms with Crippen molar-refractivity contribution in [2.24, 2.45) is 4.99 Å². The van der Waals surface area contributed by atoms with Gasteiger partial charge >= 0.3 is 6.61 Å². The molecule has 2 N–H and O–H groups in total. The molecule has 0 spiro atoms. The zero-order valence-electron chi connectivity index (χ0n) is 16.5. The van der Waals surface area contributed by atoms with Crippen LogP contribution in [0.1, 0.15) is 37.8 Å². The van der Waals surface area contributed by atoms with E-state index in [4.69, 9.17) is 0 Å². The summed E-state index contributed by atoms with van der Waals surface area (Å²) >= 11 is 0. The molecule has 0 bridgehead atoms. The van der Waals surface area contributed by atoms with Gasteiger partial charge in [0.2, 0.25) is 0 Å². The number of aliphatic imine (C=N–C) groups is 1. The van der Waals surface area contributed by atoms with Gasteiger partial charge in [-0.25, -0.2) is 0 Å². The standard InChI is InChI=1S/C19H30F2N4O.HI/c1-13(2)25(16-6-7-16)10-9-23-19(22-4)24-12-15-11-14(3)5-8-17(15)26-18(20)21;/h5,8,11,13,16,18H,6-7,9-10,12H2,1-4H3,(H2,22,23,24);1H. The Kier molecular flexibility index (Phi) is 10.3. The SMILES string of the molecule is CN=C(NCCN(C(C)C)C1CC1)NCc1cc(C)ccc1OC(F)F.I. The summed E-state index contributed by atoms with van der Waals surface area (Å²) in [5, 5.41) is 6.46. The predicted molar refractivity (Wildman–Crippen MR) is 116 cm³/mol. The summed E-state index contributed by atoms with van der Waals surface area (Å²) in [6.07, 6.45) is 2.57. The molecular weight excluding hydrogens is 465 g/mol. The van der Waals surface area contributed by atoms with E-state index >= 15 is 0 Å². The molecule has 0 aromatic heterocycles. The number of nitrogens with zero attached hydrogens (tertiary/aromatic N) is 2. The number of hydrogen-bond donors (Lipinski definition) is 2. The smallest absolute Gasteiger partial charge is 0.387 e. The van der Waals surface area contributed by atoms with Crippen molar-refractivity contribution in [2.45, 2.75) is 58.9 Å². The van der Waals surface area contributed by atoms with E-state index in [0.717, 1.165) is 18.7 Å². The molecule has 0 atom stereocenters. The number of guanidine groups is 1. The number of benzene rings is 1. The van der Waals surface area contributed by atoms with E-state index in [9.17, 15) is 8.78 Å². The third kappa shape index (κ3) is 8.16. The summed E-state index contributed by atoms with van der Waals surface area (Å²) in [5.41, 5.74) is 1.67. The third-order valence-electron chi connectivity index (χ3n) is 4.44. The number of nitrogens with one attached hydrogen (secondary N) is 2. The van der Waals surface area contributed by atoms with E-state index in [0.29, 0.717) is 30.2 Å². The number of aryl methyl sites for hydroxylation is 1. The molecule has 0 radical (unpaired) electrons. The fraction of sp³-hybridized carbons (Fsp3) is 0.632. The minimum atomic E-state index is -2.83. The minimum absolute atomic E-state index is 0. The van der Waals surface area contributed by atoms with Crippen LogP contribution in [0.15, 0.2) is 23.2 Å². The first-order valence-electron chi connectivity index (χ1n) is 9.15. The van der Waals surface area contributed by atoms with Gasteiger partial charge in [-0.15, -0.1) is 24.0 Å². The van der Waals surface area contributed by atoms with Gasteiger partial charge in [-0.3, -0.25) is 9.89 Å². The largest absolute Gasteiger partial charge is 0.434 e. The monoisotopic (exact) mass is 496 g/mol. The fourth-order valence-corrected chi connectivity index (χ4v) is 3.03. The average molecular weight is 496 g/mol. The van der Waals surface area contributed by atoms with Crippen LogP contribution in [0.5, 0.6) is 5.75 Å². The molecule has 2 rings (SSSR count). The molecular formula is C19H31F2IN4O. The van der Waals surface area contributed by atoms with Gasteiger partial charge in [-0.05, 0) is 39.7 Å². The normalized spacial score (nSPS) is 14.5. The van der Waals surface area contributed by atoms with Gasteiger partial charge in [-0.2, -0.15) is 8.78 Å². The van der Waals surface area contributed by atoms with Crippen LogP contribution in [0.3, 0.4) is 0 Å². The lowest BCUT2D eigenvalue weighted by atomic mass is 10.1. The number of alkyl halides is 2. The zero-order chi connectivity index (χ0) is 19.1. The first-order valence-corrected chi connectivity index (χ1v) is 9.15. The van der Waals surface area contributed by atoms with Gasteiger partial charge in [0.25, 0.3) is 0 Å². The van der Waals surface area contributed by atoms with Gasteiger partial charge in [-0.1, -0.05) is 17.7 Å². The Morgan fingerprint density at radius 2 is 2.00 bits per heavy atom. The maximum Gasteiger partial charge on any atom is 0.387 e. The molecule has 0 saturated heterocycles. The summed E-state index contributed by atoms with van der Waals surface area (Å²) < 4.78 is 29.7. The minimum Gasteiger partial charge on any atom is -0.434 e. The Morgan fingerprint density at radius 1 is 1.30 bits per heavy atom. The summed E-state index contributed by atoms with van der Waals surface area (Å²) in [6.45, 7) is 5.61.